The minimum Gasteiger partial charge on any atom is -0.337 e. The molecule has 0 N–H and O–H groups in total. The highest BCUT2D eigenvalue weighted by atomic mass is 16.5. The maximum Gasteiger partial charge on any atom is 0.253 e. The number of rotatable bonds is 3. The zero-order valence-corrected chi connectivity index (χ0v) is 14.3. The number of nitrogens with zero attached hydrogens (tertiary/aromatic N) is 4. The van der Waals surface area contributed by atoms with Crippen molar-refractivity contribution < 1.29 is 4.52 Å². The highest BCUT2D eigenvalue weighted by Crippen LogP contribution is 2.24. The number of aromatic nitrogens is 4. The first-order valence-electron chi connectivity index (χ1n) is 7.79. The monoisotopic (exact) mass is 324 g/mol. The maximum atomic E-state index is 11.9. The van der Waals surface area contributed by atoms with Gasteiger partial charge in [-0.3, -0.25) is 9.36 Å². The quantitative estimate of drug-likeness (QED) is 0.740. The highest BCUT2D eigenvalue weighted by molar-refractivity contribution is 5.55. The molecule has 3 rings (SSSR count). The van der Waals surface area contributed by atoms with Gasteiger partial charge in [-0.2, -0.15) is 4.98 Å². The van der Waals surface area contributed by atoms with Crippen molar-refractivity contribution in [3.8, 4) is 11.4 Å². The highest BCUT2D eigenvalue weighted by Gasteiger charge is 2.15. The van der Waals surface area contributed by atoms with Gasteiger partial charge in [-0.15, -0.1) is 0 Å². The first kappa shape index (κ1) is 16.1. The van der Waals surface area contributed by atoms with E-state index >= 15 is 0 Å². The molecule has 2 aromatic heterocycles. The van der Waals surface area contributed by atoms with E-state index in [-0.39, 0.29) is 17.5 Å². The summed E-state index contributed by atoms with van der Waals surface area (Å²) in [6.45, 7) is 8.49. The van der Waals surface area contributed by atoms with Crippen LogP contribution in [0.5, 0.6) is 0 Å². The molecule has 2 heterocycles. The van der Waals surface area contributed by atoms with E-state index in [0.29, 0.717) is 17.4 Å². The molecule has 3 aromatic rings. The predicted octanol–water partition coefficient (Wildman–Crippen LogP) is 2.95. The first-order chi connectivity index (χ1) is 11.3. The lowest BCUT2D eigenvalue weighted by Gasteiger charge is -2.18. The van der Waals surface area contributed by atoms with Gasteiger partial charge < -0.3 is 4.52 Å². The second-order valence-corrected chi connectivity index (χ2v) is 6.84. The molecule has 0 atom stereocenters. The molecule has 6 nitrogen and oxygen atoms in total. The Morgan fingerprint density at radius 1 is 1.17 bits per heavy atom. The molecule has 24 heavy (non-hydrogen) atoms. The maximum absolute atomic E-state index is 11.9. The normalized spacial score (nSPS) is 11.7. The van der Waals surface area contributed by atoms with E-state index in [4.69, 9.17) is 4.52 Å². The number of hydrogen-bond acceptors (Lipinski definition) is 5. The zero-order chi connectivity index (χ0) is 17.3. The summed E-state index contributed by atoms with van der Waals surface area (Å²) in [5.74, 6) is 0.885. The van der Waals surface area contributed by atoms with Crippen LogP contribution in [0.15, 0.2) is 46.0 Å². The van der Waals surface area contributed by atoms with Gasteiger partial charge >= 0.3 is 0 Å². The SMILES string of the molecule is Cc1cc(=O)n(Cc2nc(-c3ccc(C(C)(C)C)cc3)no2)cn1. The van der Waals surface area contributed by atoms with E-state index in [2.05, 4.69) is 48.0 Å². The molecule has 0 radical (unpaired) electrons. The number of hydrogen-bond donors (Lipinski definition) is 0. The zero-order valence-electron chi connectivity index (χ0n) is 14.3. The Balaban J connectivity index is 1.81. The summed E-state index contributed by atoms with van der Waals surface area (Å²) in [6.07, 6.45) is 1.49. The van der Waals surface area contributed by atoms with Crippen LogP contribution in [0.25, 0.3) is 11.4 Å². The summed E-state index contributed by atoms with van der Waals surface area (Å²) in [5.41, 5.74) is 2.76. The van der Waals surface area contributed by atoms with Gasteiger partial charge in [-0.1, -0.05) is 50.2 Å². The summed E-state index contributed by atoms with van der Waals surface area (Å²) < 4.78 is 6.69. The number of aryl methyl sites for hydroxylation is 1. The Labute approximate surface area is 140 Å². The summed E-state index contributed by atoms with van der Waals surface area (Å²) >= 11 is 0. The average molecular weight is 324 g/mol. The molecule has 0 aliphatic carbocycles. The predicted molar refractivity (Wildman–Crippen MR) is 90.8 cm³/mol. The second kappa shape index (κ2) is 6.03. The lowest BCUT2D eigenvalue weighted by atomic mass is 9.87. The van der Waals surface area contributed by atoms with Crippen LogP contribution in [-0.2, 0) is 12.0 Å². The minimum atomic E-state index is -0.142. The standard InChI is InChI=1S/C18H20N4O2/c1-12-9-16(23)22(11-19-12)10-15-20-17(21-24-15)13-5-7-14(8-6-13)18(2,3)4/h5-9,11H,10H2,1-4H3. The molecule has 0 saturated heterocycles. The molecule has 0 amide bonds. The molecule has 0 bridgehead atoms. The summed E-state index contributed by atoms with van der Waals surface area (Å²) in [5, 5.41) is 4.00. The van der Waals surface area contributed by atoms with Crippen LogP contribution in [0, 0.1) is 6.92 Å². The molecular formula is C18H20N4O2. The van der Waals surface area contributed by atoms with Crippen molar-refractivity contribution in [2.75, 3.05) is 0 Å². The van der Waals surface area contributed by atoms with E-state index in [1.54, 1.807) is 6.92 Å². The third kappa shape index (κ3) is 3.42. The van der Waals surface area contributed by atoms with Crippen molar-refractivity contribution in [2.24, 2.45) is 0 Å². The van der Waals surface area contributed by atoms with Crippen LogP contribution in [0.4, 0.5) is 0 Å². The van der Waals surface area contributed by atoms with Crippen LogP contribution in [-0.4, -0.2) is 19.7 Å². The van der Waals surface area contributed by atoms with Crippen LogP contribution in [0.2, 0.25) is 0 Å². The van der Waals surface area contributed by atoms with Gasteiger partial charge in [0.2, 0.25) is 11.7 Å². The van der Waals surface area contributed by atoms with Gasteiger partial charge in [0.1, 0.15) is 6.54 Å². The van der Waals surface area contributed by atoms with Gasteiger partial charge in [0.25, 0.3) is 5.56 Å². The van der Waals surface area contributed by atoms with Crippen LogP contribution < -0.4 is 5.56 Å². The Morgan fingerprint density at radius 3 is 2.50 bits per heavy atom. The van der Waals surface area contributed by atoms with Gasteiger partial charge in [0.05, 0.1) is 6.33 Å². The first-order valence-corrected chi connectivity index (χ1v) is 7.79. The smallest absolute Gasteiger partial charge is 0.253 e. The van der Waals surface area contributed by atoms with Gasteiger partial charge in [0.15, 0.2) is 0 Å². The van der Waals surface area contributed by atoms with E-state index in [1.807, 2.05) is 12.1 Å². The fourth-order valence-corrected chi connectivity index (χ4v) is 2.34. The van der Waals surface area contributed by atoms with Crippen molar-refractivity contribution in [1.29, 1.82) is 0 Å². The lowest BCUT2D eigenvalue weighted by Crippen LogP contribution is -2.20. The van der Waals surface area contributed by atoms with E-state index in [9.17, 15) is 4.79 Å². The topological polar surface area (TPSA) is 73.8 Å². The Morgan fingerprint density at radius 2 is 1.88 bits per heavy atom. The van der Waals surface area contributed by atoms with Crippen LogP contribution in [0.3, 0.4) is 0 Å². The van der Waals surface area contributed by atoms with Crippen molar-refractivity contribution in [3.05, 3.63) is 64.2 Å². The van der Waals surface area contributed by atoms with Crippen LogP contribution in [0.1, 0.15) is 37.9 Å². The average Bonchev–Trinajstić information content (AvgIpc) is 2.98. The molecule has 0 aliphatic heterocycles. The molecule has 0 unspecified atom stereocenters. The summed E-state index contributed by atoms with van der Waals surface area (Å²) in [7, 11) is 0. The Hall–Kier alpha value is -2.76. The molecule has 124 valence electrons. The fraction of sp³-hybridized carbons (Fsp3) is 0.333. The van der Waals surface area contributed by atoms with E-state index in [1.165, 1.54) is 22.5 Å². The largest absolute Gasteiger partial charge is 0.337 e. The molecule has 0 fully saturated rings. The van der Waals surface area contributed by atoms with E-state index in [0.717, 1.165) is 5.56 Å². The van der Waals surface area contributed by atoms with E-state index < -0.39 is 0 Å². The van der Waals surface area contributed by atoms with Crippen molar-refractivity contribution in [3.63, 3.8) is 0 Å². The third-order valence-corrected chi connectivity index (χ3v) is 3.80. The fourth-order valence-electron chi connectivity index (χ4n) is 2.34. The van der Waals surface area contributed by atoms with Gasteiger partial charge in [-0.05, 0) is 17.9 Å². The molecule has 0 spiro atoms. The number of benzene rings is 1. The van der Waals surface area contributed by atoms with Crippen molar-refractivity contribution in [2.45, 2.75) is 39.7 Å². The Bertz CT molecular complexity index is 902. The molecule has 1 aromatic carbocycles. The van der Waals surface area contributed by atoms with Crippen molar-refractivity contribution in [1.82, 2.24) is 19.7 Å². The third-order valence-electron chi connectivity index (χ3n) is 3.80. The molecule has 0 aliphatic rings. The minimum absolute atomic E-state index is 0.0978. The summed E-state index contributed by atoms with van der Waals surface area (Å²) in [6, 6.07) is 9.58. The second-order valence-electron chi connectivity index (χ2n) is 6.84. The lowest BCUT2D eigenvalue weighted by molar-refractivity contribution is 0.369. The molecule has 6 heteroatoms. The summed E-state index contributed by atoms with van der Waals surface area (Å²) in [4.78, 5) is 20.4. The Kier molecular flexibility index (Phi) is 4.05. The van der Waals surface area contributed by atoms with Crippen LogP contribution >= 0.6 is 0 Å². The van der Waals surface area contributed by atoms with Gasteiger partial charge in [0, 0.05) is 17.3 Å². The van der Waals surface area contributed by atoms with Gasteiger partial charge in [-0.25, -0.2) is 4.98 Å². The molecule has 0 saturated carbocycles. The van der Waals surface area contributed by atoms with Crippen molar-refractivity contribution >= 4 is 0 Å². The molecular weight excluding hydrogens is 304 g/mol.